The van der Waals surface area contributed by atoms with E-state index in [1.807, 2.05) is 26.2 Å². The maximum absolute atomic E-state index is 13.5. The molecule has 1 amide bonds. The fourth-order valence-corrected chi connectivity index (χ4v) is 3.85. The van der Waals surface area contributed by atoms with Gasteiger partial charge in [0.2, 0.25) is 5.91 Å². The highest BCUT2D eigenvalue weighted by Crippen LogP contribution is 2.17. The van der Waals surface area contributed by atoms with Crippen LogP contribution in [0.3, 0.4) is 0 Å². The molecule has 1 N–H and O–H groups in total. The smallest absolute Gasteiger partial charge is 0.220 e. The van der Waals surface area contributed by atoms with Crippen LogP contribution in [0.5, 0.6) is 0 Å². The second-order valence-electron chi connectivity index (χ2n) is 5.85. The van der Waals surface area contributed by atoms with Gasteiger partial charge in [0.15, 0.2) is 5.16 Å². The lowest BCUT2D eigenvalue weighted by atomic mass is 10.1. The monoisotopic (exact) mass is 393 g/mol. The molecule has 0 aliphatic rings. The molecule has 0 unspecified atom stereocenters. The lowest BCUT2D eigenvalue weighted by Crippen LogP contribution is -2.26. The van der Waals surface area contributed by atoms with Gasteiger partial charge in [-0.05, 0) is 43.7 Å². The Labute approximate surface area is 162 Å². The molecule has 0 aliphatic carbocycles. The Morgan fingerprint density at radius 3 is 2.54 bits per heavy atom. The molecule has 1 aromatic carbocycles. The zero-order valence-corrected chi connectivity index (χ0v) is 17.0. The highest BCUT2D eigenvalue weighted by molar-refractivity contribution is 7.98. The molecule has 0 saturated heterocycles. The third kappa shape index (κ3) is 6.29. The number of thioether (sulfide) groups is 2. The second kappa shape index (κ2) is 10.5. The van der Waals surface area contributed by atoms with Crippen molar-refractivity contribution in [2.75, 3.05) is 18.6 Å². The van der Waals surface area contributed by atoms with Crippen molar-refractivity contribution in [2.45, 2.75) is 37.6 Å². The molecule has 0 atom stereocenters. The number of hydrogen-bond donors (Lipinski definition) is 1. The first-order valence-corrected chi connectivity index (χ1v) is 10.8. The van der Waals surface area contributed by atoms with Crippen LogP contribution in [0.25, 0.3) is 0 Å². The summed E-state index contributed by atoms with van der Waals surface area (Å²) in [5, 5.41) is 3.68. The number of nitrogens with zero attached hydrogens (tertiary/aromatic N) is 2. The van der Waals surface area contributed by atoms with Gasteiger partial charge in [0.1, 0.15) is 5.82 Å². The van der Waals surface area contributed by atoms with Crippen LogP contribution in [-0.2, 0) is 17.0 Å². The molecule has 1 aromatic heterocycles. The summed E-state index contributed by atoms with van der Waals surface area (Å²) < 4.78 is 13.5. The number of carbonyl (C=O) groups is 1. The zero-order chi connectivity index (χ0) is 18.9. The minimum Gasteiger partial charge on any atom is -0.355 e. The van der Waals surface area contributed by atoms with Crippen molar-refractivity contribution < 1.29 is 9.18 Å². The van der Waals surface area contributed by atoms with Gasteiger partial charge in [-0.1, -0.05) is 30.0 Å². The third-order valence-electron chi connectivity index (χ3n) is 3.97. The Bertz CT molecular complexity index is 732. The fourth-order valence-electron chi connectivity index (χ4n) is 2.55. The van der Waals surface area contributed by atoms with Gasteiger partial charge in [-0.25, -0.2) is 14.4 Å². The van der Waals surface area contributed by atoms with E-state index in [0.29, 0.717) is 30.7 Å². The molecule has 2 rings (SSSR count). The Hall–Kier alpha value is -1.60. The summed E-state index contributed by atoms with van der Waals surface area (Å²) in [6, 6.07) is 6.78. The third-order valence-corrected chi connectivity index (χ3v) is 5.52. The van der Waals surface area contributed by atoms with E-state index in [1.54, 1.807) is 23.9 Å². The fraction of sp³-hybridized carbons (Fsp3) is 0.421. The van der Waals surface area contributed by atoms with Crippen LogP contribution in [0.2, 0.25) is 0 Å². The molecular formula is C19H24FN3OS2. The van der Waals surface area contributed by atoms with Crippen molar-refractivity contribution in [3.05, 3.63) is 52.6 Å². The zero-order valence-electron chi connectivity index (χ0n) is 15.3. The summed E-state index contributed by atoms with van der Waals surface area (Å²) in [5.41, 5.74) is 3.63. The van der Waals surface area contributed by atoms with E-state index in [4.69, 9.17) is 0 Å². The van der Waals surface area contributed by atoms with Crippen molar-refractivity contribution >= 4 is 29.4 Å². The topological polar surface area (TPSA) is 54.9 Å². The number of carbonyl (C=O) groups excluding carboxylic acids is 1. The molecule has 2 aromatic rings. The van der Waals surface area contributed by atoms with Crippen molar-refractivity contribution in [1.29, 1.82) is 0 Å². The predicted octanol–water partition coefficient (Wildman–Crippen LogP) is 3.94. The lowest BCUT2D eigenvalue weighted by molar-refractivity contribution is -0.120. The van der Waals surface area contributed by atoms with Crippen molar-refractivity contribution in [3.63, 3.8) is 0 Å². The number of aryl methyl sites for hydroxylation is 2. The molecule has 0 saturated carbocycles. The Morgan fingerprint density at radius 2 is 1.88 bits per heavy atom. The highest BCUT2D eigenvalue weighted by Gasteiger charge is 2.10. The molecule has 4 nitrogen and oxygen atoms in total. The molecular weight excluding hydrogens is 369 g/mol. The van der Waals surface area contributed by atoms with E-state index in [9.17, 15) is 9.18 Å². The van der Waals surface area contributed by atoms with Gasteiger partial charge in [-0.2, -0.15) is 11.8 Å². The van der Waals surface area contributed by atoms with E-state index in [1.165, 1.54) is 17.8 Å². The van der Waals surface area contributed by atoms with E-state index < -0.39 is 0 Å². The maximum atomic E-state index is 13.5. The first-order valence-electron chi connectivity index (χ1n) is 8.47. The summed E-state index contributed by atoms with van der Waals surface area (Å²) >= 11 is 3.13. The molecule has 0 fully saturated rings. The lowest BCUT2D eigenvalue weighted by Gasteiger charge is -2.10. The number of benzene rings is 1. The van der Waals surface area contributed by atoms with Gasteiger partial charge in [-0.3, -0.25) is 4.79 Å². The van der Waals surface area contributed by atoms with Crippen LogP contribution >= 0.6 is 23.5 Å². The van der Waals surface area contributed by atoms with Gasteiger partial charge >= 0.3 is 0 Å². The first kappa shape index (κ1) is 20.7. The van der Waals surface area contributed by atoms with Gasteiger partial charge in [-0.15, -0.1) is 0 Å². The number of amides is 1. The Balaban J connectivity index is 1.69. The second-order valence-corrected chi connectivity index (χ2v) is 7.73. The number of halogens is 1. The first-order chi connectivity index (χ1) is 12.5. The van der Waals surface area contributed by atoms with Crippen molar-refractivity contribution in [3.8, 4) is 0 Å². The van der Waals surface area contributed by atoms with Crippen LogP contribution < -0.4 is 5.32 Å². The molecule has 0 radical (unpaired) electrons. The average molecular weight is 394 g/mol. The number of aromatic nitrogens is 2. The molecule has 0 bridgehead atoms. The molecule has 0 spiro atoms. The summed E-state index contributed by atoms with van der Waals surface area (Å²) in [5.74, 6) is 1.21. The minimum atomic E-state index is -0.176. The molecule has 7 heteroatoms. The standard InChI is InChI=1S/C19H24FN3OS2/c1-13-16(14(2)23-19(22-13)25-3)8-9-18(24)21-10-11-26-12-15-6-4-5-7-17(15)20/h4-7H,8-12H2,1-3H3,(H,21,24). The van der Waals surface area contributed by atoms with E-state index >= 15 is 0 Å². The molecule has 140 valence electrons. The van der Waals surface area contributed by atoms with Crippen LogP contribution in [0.4, 0.5) is 4.39 Å². The van der Waals surface area contributed by atoms with Gasteiger partial charge in [0, 0.05) is 35.9 Å². The number of rotatable bonds is 9. The van der Waals surface area contributed by atoms with Crippen molar-refractivity contribution in [1.82, 2.24) is 15.3 Å². The average Bonchev–Trinajstić information content (AvgIpc) is 2.62. The summed E-state index contributed by atoms with van der Waals surface area (Å²) in [6.07, 6.45) is 3.01. The summed E-state index contributed by atoms with van der Waals surface area (Å²) in [7, 11) is 0. The summed E-state index contributed by atoms with van der Waals surface area (Å²) in [4.78, 5) is 20.9. The van der Waals surface area contributed by atoms with Gasteiger partial charge in [0.25, 0.3) is 0 Å². The summed E-state index contributed by atoms with van der Waals surface area (Å²) in [6.45, 7) is 4.50. The molecule has 1 heterocycles. The minimum absolute atomic E-state index is 0.0178. The number of hydrogen-bond acceptors (Lipinski definition) is 5. The van der Waals surface area contributed by atoms with Crippen molar-refractivity contribution in [2.24, 2.45) is 0 Å². The Kier molecular flexibility index (Phi) is 8.38. The molecule has 26 heavy (non-hydrogen) atoms. The quantitative estimate of drug-likeness (QED) is 0.397. The Morgan fingerprint density at radius 1 is 1.19 bits per heavy atom. The highest BCUT2D eigenvalue weighted by atomic mass is 32.2. The number of nitrogens with one attached hydrogen (secondary N) is 1. The SMILES string of the molecule is CSc1nc(C)c(CCC(=O)NCCSCc2ccccc2F)c(C)n1. The largest absolute Gasteiger partial charge is 0.355 e. The predicted molar refractivity (Wildman–Crippen MR) is 107 cm³/mol. The van der Waals surface area contributed by atoms with E-state index in [0.717, 1.165) is 27.9 Å². The van der Waals surface area contributed by atoms with E-state index in [-0.39, 0.29) is 11.7 Å². The van der Waals surface area contributed by atoms with Crippen LogP contribution in [0, 0.1) is 19.7 Å². The normalized spacial score (nSPS) is 10.8. The van der Waals surface area contributed by atoms with Gasteiger partial charge in [0.05, 0.1) is 0 Å². The van der Waals surface area contributed by atoms with E-state index in [2.05, 4.69) is 15.3 Å². The van der Waals surface area contributed by atoms with Crippen LogP contribution in [-0.4, -0.2) is 34.4 Å². The maximum Gasteiger partial charge on any atom is 0.220 e. The van der Waals surface area contributed by atoms with Crippen LogP contribution in [0.15, 0.2) is 29.4 Å². The van der Waals surface area contributed by atoms with Crippen LogP contribution in [0.1, 0.15) is 28.9 Å². The molecule has 0 aliphatic heterocycles. The van der Waals surface area contributed by atoms with Gasteiger partial charge < -0.3 is 5.32 Å².